The van der Waals surface area contributed by atoms with Gasteiger partial charge < -0.3 is 40.1 Å². The van der Waals surface area contributed by atoms with Crippen LogP contribution in [0.15, 0.2) is 47.0 Å². The molecule has 4 rings (SSSR count). The minimum absolute atomic E-state index is 0.126. The molecule has 4 N–H and O–H groups in total. The number of carbonyl (C=O) groups is 3. The summed E-state index contributed by atoms with van der Waals surface area (Å²) in [5, 5.41) is 21.9. The number of hydrogen-bond donors (Lipinski definition) is 4. The molecule has 0 aliphatic carbocycles. The first-order valence-electron chi connectivity index (χ1n) is 13.5. The van der Waals surface area contributed by atoms with E-state index < -0.39 is 30.0 Å². The first-order valence-corrected chi connectivity index (χ1v) is 13.5. The van der Waals surface area contributed by atoms with Crippen LogP contribution in [0.3, 0.4) is 0 Å². The van der Waals surface area contributed by atoms with Gasteiger partial charge in [0.25, 0.3) is 5.91 Å². The number of likely N-dealkylation sites (N-methyl/N-ethyl adjacent to an activating group) is 1. The molecule has 2 heterocycles. The molecule has 12 nitrogen and oxygen atoms in total. The number of urea groups is 2. The van der Waals surface area contributed by atoms with Gasteiger partial charge in [-0.1, -0.05) is 18.1 Å². The normalized spacial score (nSPS) is 17.3. The van der Waals surface area contributed by atoms with Crippen molar-refractivity contribution in [1.82, 2.24) is 15.0 Å². The van der Waals surface area contributed by atoms with E-state index in [2.05, 4.69) is 21.1 Å². The summed E-state index contributed by atoms with van der Waals surface area (Å²) in [6.45, 7) is 7.17. The van der Waals surface area contributed by atoms with Gasteiger partial charge >= 0.3 is 12.1 Å². The number of hydrogen-bond acceptors (Lipinski definition) is 7. The van der Waals surface area contributed by atoms with Gasteiger partial charge in [0.2, 0.25) is 0 Å². The van der Waals surface area contributed by atoms with Crippen LogP contribution in [0.4, 0.5) is 31.0 Å². The average molecular weight is 583 g/mol. The number of rotatable bonds is 7. The largest absolute Gasteiger partial charge is 0.485 e. The van der Waals surface area contributed by atoms with Gasteiger partial charge in [-0.05, 0) is 57.2 Å². The maximum absolute atomic E-state index is 13.7. The van der Waals surface area contributed by atoms with Crippen LogP contribution >= 0.6 is 0 Å². The van der Waals surface area contributed by atoms with E-state index in [0.29, 0.717) is 22.8 Å². The Bertz CT molecular complexity index is 1430. The molecule has 3 atom stereocenters. The van der Waals surface area contributed by atoms with Crippen LogP contribution in [-0.2, 0) is 0 Å². The topological polar surface area (TPSA) is 149 Å². The van der Waals surface area contributed by atoms with Crippen LogP contribution in [0.25, 0.3) is 0 Å². The second-order valence-electron chi connectivity index (χ2n) is 10.4. The van der Waals surface area contributed by atoms with Gasteiger partial charge in [0.05, 0.1) is 30.4 Å². The molecular formula is C29H35FN6O6. The SMILES string of the molecule is Cc1noc(C)c1NC(=O)N(C)C[C@H]1Oc2c(NC(=O)Nc3ccc(F)cc3)cccc2C(=O)N([C@H](C)CO)C[C@@H]1C. The number of benzene rings is 2. The zero-order valence-corrected chi connectivity index (χ0v) is 24.1. The molecule has 0 unspecified atom stereocenters. The number of carbonyl (C=O) groups excluding carboxylic acids is 3. The third-order valence-electron chi connectivity index (χ3n) is 7.11. The predicted octanol–water partition coefficient (Wildman–Crippen LogP) is 4.46. The number of amides is 5. The molecule has 224 valence electrons. The predicted molar refractivity (Wildman–Crippen MR) is 154 cm³/mol. The molecule has 0 saturated heterocycles. The quantitative estimate of drug-likeness (QED) is 0.321. The van der Waals surface area contributed by atoms with E-state index in [0.717, 1.165) is 0 Å². The van der Waals surface area contributed by atoms with Gasteiger partial charge in [-0.3, -0.25) is 4.79 Å². The van der Waals surface area contributed by atoms with E-state index in [-0.39, 0.29) is 48.5 Å². The second kappa shape index (κ2) is 12.9. The Hall–Kier alpha value is -4.65. The zero-order valence-electron chi connectivity index (χ0n) is 24.1. The molecule has 1 aliphatic heterocycles. The van der Waals surface area contributed by atoms with Gasteiger partial charge in [0.15, 0.2) is 11.5 Å². The Morgan fingerprint density at radius 3 is 2.52 bits per heavy atom. The number of anilines is 3. The lowest BCUT2D eigenvalue weighted by atomic mass is 9.99. The van der Waals surface area contributed by atoms with Crippen LogP contribution in [0, 0.1) is 25.6 Å². The number of halogens is 1. The van der Waals surface area contributed by atoms with Crippen molar-refractivity contribution >= 4 is 35.0 Å². The summed E-state index contributed by atoms with van der Waals surface area (Å²) in [6.07, 6.45) is -0.617. The lowest BCUT2D eigenvalue weighted by molar-refractivity contribution is 0.0373. The van der Waals surface area contributed by atoms with E-state index in [1.165, 1.54) is 29.2 Å². The summed E-state index contributed by atoms with van der Waals surface area (Å²) in [7, 11) is 1.61. The Morgan fingerprint density at radius 1 is 1.17 bits per heavy atom. The van der Waals surface area contributed by atoms with Gasteiger partial charge in [-0.25, -0.2) is 14.0 Å². The maximum atomic E-state index is 13.7. The monoisotopic (exact) mass is 582 g/mol. The first-order chi connectivity index (χ1) is 20.0. The molecule has 2 aromatic carbocycles. The second-order valence-corrected chi connectivity index (χ2v) is 10.4. The van der Waals surface area contributed by atoms with Crippen molar-refractivity contribution in [3.8, 4) is 5.75 Å². The summed E-state index contributed by atoms with van der Waals surface area (Å²) in [5.41, 5.74) is 1.80. The molecule has 0 spiro atoms. The molecule has 3 aromatic rings. The van der Waals surface area contributed by atoms with Crippen molar-refractivity contribution in [2.24, 2.45) is 5.92 Å². The summed E-state index contributed by atoms with van der Waals surface area (Å²) < 4.78 is 24.8. The third-order valence-corrected chi connectivity index (χ3v) is 7.11. The Kier molecular flexibility index (Phi) is 9.31. The van der Waals surface area contributed by atoms with Crippen LogP contribution in [0.5, 0.6) is 5.75 Å². The van der Waals surface area contributed by atoms with Crippen molar-refractivity contribution in [2.45, 2.75) is 39.8 Å². The highest BCUT2D eigenvalue weighted by Gasteiger charge is 2.35. The highest BCUT2D eigenvalue weighted by Crippen LogP contribution is 2.35. The number of para-hydroxylation sites is 1. The number of nitrogens with zero attached hydrogens (tertiary/aromatic N) is 3. The fraction of sp³-hybridized carbons (Fsp3) is 0.379. The molecule has 1 aromatic heterocycles. The van der Waals surface area contributed by atoms with Crippen LogP contribution in [0.1, 0.15) is 35.7 Å². The standard InChI is InChI=1S/C29H35FN6O6/c1-16-13-36(17(2)15-37)27(38)22-7-6-8-23(32-28(39)31-21-11-9-20(30)10-12-21)26(22)41-24(16)14-35(5)29(40)33-25-18(3)34-42-19(25)4/h6-12,16-17,24,37H,13-15H2,1-5H3,(H,33,40)(H2,31,32,39)/t16-,17+,24+/m0/s1. The molecule has 42 heavy (non-hydrogen) atoms. The number of aromatic nitrogens is 1. The Morgan fingerprint density at radius 2 is 1.88 bits per heavy atom. The van der Waals surface area contributed by atoms with Gasteiger partial charge in [0, 0.05) is 25.2 Å². The van der Waals surface area contributed by atoms with Gasteiger partial charge in [-0.2, -0.15) is 0 Å². The molecule has 0 bridgehead atoms. The van der Waals surface area contributed by atoms with Crippen LogP contribution in [-0.4, -0.2) is 76.9 Å². The number of aliphatic hydroxyl groups is 1. The molecule has 13 heteroatoms. The number of nitrogens with one attached hydrogen (secondary N) is 3. The van der Waals surface area contributed by atoms with Crippen molar-refractivity contribution in [2.75, 3.05) is 42.7 Å². The Balaban J connectivity index is 1.62. The highest BCUT2D eigenvalue weighted by atomic mass is 19.1. The van der Waals surface area contributed by atoms with E-state index in [9.17, 15) is 23.9 Å². The maximum Gasteiger partial charge on any atom is 0.323 e. The minimum Gasteiger partial charge on any atom is -0.485 e. The summed E-state index contributed by atoms with van der Waals surface area (Å²) in [4.78, 5) is 42.6. The Labute approximate surface area is 242 Å². The van der Waals surface area contributed by atoms with Crippen molar-refractivity contribution in [3.05, 3.63) is 65.3 Å². The lowest BCUT2D eigenvalue weighted by Crippen LogP contribution is -2.50. The number of ether oxygens (including phenoxy) is 1. The average Bonchev–Trinajstić information content (AvgIpc) is 3.28. The van der Waals surface area contributed by atoms with Gasteiger partial charge in [0.1, 0.15) is 23.3 Å². The smallest absolute Gasteiger partial charge is 0.323 e. The van der Waals surface area contributed by atoms with Gasteiger partial charge in [-0.15, -0.1) is 0 Å². The third kappa shape index (κ3) is 6.79. The number of aryl methyl sites for hydroxylation is 2. The molecule has 0 radical (unpaired) electrons. The fourth-order valence-corrected chi connectivity index (χ4v) is 4.59. The van der Waals surface area contributed by atoms with E-state index in [4.69, 9.17) is 9.26 Å². The molecular weight excluding hydrogens is 547 g/mol. The zero-order chi connectivity index (χ0) is 30.6. The van der Waals surface area contributed by atoms with Crippen molar-refractivity contribution < 1.29 is 33.1 Å². The summed E-state index contributed by atoms with van der Waals surface area (Å²) in [5.74, 6) is -0.497. The van der Waals surface area contributed by atoms with E-state index in [1.54, 1.807) is 50.9 Å². The molecule has 0 fully saturated rings. The van der Waals surface area contributed by atoms with Crippen LogP contribution in [0.2, 0.25) is 0 Å². The molecule has 5 amide bonds. The highest BCUT2D eigenvalue weighted by molar-refractivity contribution is 6.04. The van der Waals surface area contributed by atoms with Crippen LogP contribution < -0.4 is 20.7 Å². The summed E-state index contributed by atoms with van der Waals surface area (Å²) >= 11 is 0. The summed E-state index contributed by atoms with van der Waals surface area (Å²) in [6, 6.07) is 8.52. The number of fused-ring (bicyclic) bond motifs is 1. The minimum atomic E-state index is -0.630. The van der Waals surface area contributed by atoms with Crippen molar-refractivity contribution in [3.63, 3.8) is 0 Å². The first kappa shape index (κ1) is 30.3. The fourth-order valence-electron chi connectivity index (χ4n) is 4.59. The van der Waals surface area contributed by atoms with E-state index >= 15 is 0 Å². The van der Waals surface area contributed by atoms with Crippen molar-refractivity contribution in [1.29, 1.82) is 0 Å². The number of aliphatic hydroxyl groups excluding tert-OH is 1. The van der Waals surface area contributed by atoms with E-state index in [1.807, 2.05) is 6.92 Å². The lowest BCUT2D eigenvalue weighted by Gasteiger charge is -2.38. The molecule has 1 aliphatic rings. The molecule has 0 saturated carbocycles.